The van der Waals surface area contributed by atoms with Gasteiger partial charge in [0.15, 0.2) is 0 Å². The number of aliphatic hydroxyl groups is 1. The maximum Gasteiger partial charge on any atom is 0.417 e. The molecular weight excluding hydrogens is 291 g/mol. The molecule has 1 rings (SSSR count). The number of nitrogens with one attached hydrogen (secondary N) is 1. The Kier molecular flexibility index (Phi) is 5.31. The number of aliphatic hydroxyl groups excluding tert-OH is 1. The first-order chi connectivity index (χ1) is 9.66. The second-order valence-electron chi connectivity index (χ2n) is 4.56. The van der Waals surface area contributed by atoms with Gasteiger partial charge in [-0.15, -0.1) is 0 Å². The molecule has 5 nitrogen and oxygen atoms in total. The maximum absolute atomic E-state index is 12.9. The summed E-state index contributed by atoms with van der Waals surface area (Å²) in [6.45, 7) is 1.40. The van der Waals surface area contributed by atoms with Gasteiger partial charge in [0.2, 0.25) is 0 Å². The Bertz CT molecular complexity index is 543. The minimum atomic E-state index is -4.85. The predicted octanol–water partition coefficient (Wildman–Crippen LogP) is 1.76. The largest absolute Gasteiger partial charge is 0.478 e. The van der Waals surface area contributed by atoms with E-state index in [0.29, 0.717) is 6.07 Å². The molecule has 0 aliphatic rings. The van der Waals surface area contributed by atoms with E-state index < -0.39 is 34.7 Å². The zero-order valence-electron chi connectivity index (χ0n) is 11.1. The van der Waals surface area contributed by atoms with Crippen LogP contribution < -0.4 is 5.32 Å². The molecule has 0 unspecified atom stereocenters. The predicted molar refractivity (Wildman–Crippen MR) is 67.0 cm³/mol. The average Bonchev–Trinajstić information content (AvgIpc) is 2.42. The fraction of sp³-hybridized carbons (Fsp3) is 0.385. The fourth-order valence-corrected chi connectivity index (χ4v) is 1.54. The van der Waals surface area contributed by atoms with Crippen LogP contribution in [0.1, 0.15) is 33.2 Å². The summed E-state index contributed by atoms with van der Waals surface area (Å²) in [4.78, 5) is 22.5. The minimum Gasteiger partial charge on any atom is -0.478 e. The molecule has 0 fully saturated rings. The first kappa shape index (κ1) is 17.0. The highest BCUT2D eigenvalue weighted by Crippen LogP contribution is 2.32. The molecular formula is C13H14F3NO4. The van der Waals surface area contributed by atoms with Gasteiger partial charge in [0.1, 0.15) is 0 Å². The quantitative estimate of drug-likeness (QED) is 0.773. The molecule has 116 valence electrons. The molecule has 0 aliphatic heterocycles. The second kappa shape index (κ2) is 6.57. The summed E-state index contributed by atoms with van der Waals surface area (Å²) in [6.07, 6.45) is -4.85. The number of hydrogen-bond acceptors (Lipinski definition) is 3. The van der Waals surface area contributed by atoms with Gasteiger partial charge in [-0.1, -0.05) is 6.92 Å². The second-order valence-corrected chi connectivity index (χ2v) is 4.56. The van der Waals surface area contributed by atoms with Gasteiger partial charge >= 0.3 is 12.1 Å². The zero-order chi connectivity index (χ0) is 16.2. The monoisotopic (exact) mass is 305 g/mol. The van der Waals surface area contributed by atoms with Gasteiger partial charge in [-0.05, 0) is 24.1 Å². The van der Waals surface area contributed by atoms with E-state index in [2.05, 4.69) is 5.32 Å². The Morgan fingerprint density at radius 2 is 1.95 bits per heavy atom. The number of hydrogen-bond donors (Lipinski definition) is 3. The van der Waals surface area contributed by atoms with Crippen LogP contribution in [0.3, 0.4) is 0 Å². The highest BCUT2D eigenvalue weighted by molar-refractivity contribution is 5.97. The minimum absolute atomic E-state index is 0.00725. The summed E-state index contributed by atoms with van der Waals surface area (Å²) >= 11 is 0. The Labute approximate surface area is 118 Å². The maximum atomic E-state index is 12.9. The van der Waals surface area contributed by atoms with Gasteiger partial charge in [-0.3, -0.25) is 4.79 Å². The number of alkyl halides is 3. The van der Waals surface area contributed by atoms with Crippen LogP contribution in [0.5, 0.6) is 0 Å². The number of carbonyl (C=O) groups excluding carboxylic acids is 1. The van der Waals surface area contributed by atoms with Crippen LogP contribution in [0.4, 0.5) is 13.2 Å². The van der Waals surface area contributed by atoms with Gasteiger partial charge in [0, 0.05) is 13.2 Å². The number of aromatic carboxylic acids is 1. The lowest BCUT2D eigenvalue weighted by Crippen LogP contribution is -2.31. The molecule has 3 N–H and O–H groups in total. The summed E-state index contributed by atoms with van der Waals surface area (Å²) in [5, 5.41) is 19.8. The smallest absolute Gasteiger partial charge is 0.417 e. The average molecular weight is 305 g/mol. The van der Waals surface area contributed by atoms with E-state index in [4.69, 9.17) is 10.2 Å². The summed E-state index contributed by atoms with van der Waals surface area (Å²) in [7, 11) is 0. The number of carbonyl (C=O) groups is 2. The van der Waals surface area contributed by atoms with Crippen molar-refractivity contribution >= 4 is 11.9 Å². The van der Waals surface area contributed by atoms with Crippen molar-refractivity contribution < 1.29 is 33.0 Å². The lowest BCUT2D eigenvalue weighted by atomic mass is 10.0. The molecule has 21 heavy (non-hydrogen) atoms. The highest BCUT2D eigenvalue weighted by atomic mass is 19.4. The van der Waals surface area contributed by atoms with Gasteiger partial charge < -0.3 is 15.5 Å². The molecule has 0 saturated carbocycles. The lowest BCUT2D eigenvalue weighted by Gasteiger charge is -2.15. The van der Waals surface area contributed by atoms with Crippen LogP contribution >= 0.6 is 0 Å². The molecule has 1 aromatic rings. The van der Waals surface area contributed by atoms with Crippen molar-refractivity contribution in [2.75, 3.05) is 13.2 Å². The van der Waals surface area contributed by atoms with Crippen molar-refractivity contribution in [3.05, 3.63) is 34.9 Å². The van der Waals surface area contributed by atoms with Crippen LogP contribution in [-0.2, 0) is 6.18 Å². The topological polar surface area (TPSA) is 86.6 Å². The summed E-state index contributed by atoms with van der Waals surface area (Å²) in [5.41, 5.74) is -2.52. The van der Waals surface area contributed by atoms with E-state index >= 15 is 0 Å². The number of benzene rings is 1. The molecule has 8 heteroatoms. The first-order valence-electron chi connectivity index (χ1n) is 6.00. The van der Waals surface area contributed by atoms with Crippen molar-refractivity contribution in [2.45, 2.75) is 13.1 Å². The summed E-state index contributed by atoms with van der Waals surface area (Å²) in [5.74, 6) is -2.79. The third-order valence-corrected chi connectivity index (χ3v) is 2.74. The molecule has 1 aromatic carbocycles. The van der Waals surface area contributed by atoms with Crippen molar-refractivity contribution in [2.24, 2.45) is 5.92 Å². The van der Waals surface area contributed by atoms with Gasteiger partial charge in [-0.25, -0.2) is 4.79 Å². The van der Waals surface area contributed by atoms with Crippen LogP contribution in [-0.4, -0.2) is 35.2 Å². The van der Waals surface area contributed by atoms with Crippen LogP contribution in [0, 0.1) is 5.92 Å². The number of carboxylic acids is 1. The Morgan fingerprint density at radius 1 is 1.33 bits per heavy atom. The molecule has 0 saturated heterocycles. The molecule has 0 heterocycles. The van der Waals surface area contributed by atoms with Crippen molar-refractivity contribution in [1.29, 1.82) is 0 Å². The Hall–Kier alpha value is -2.09. The van der Waals surface area contributed by atoms with E-state index in [1.165, 1.54) is 0 Å². The molecule has 0 aromatic heterocycles. The third-order valence-electron chi connectivity index (χ3n) is 2.74. The molecule has 0 spiro atoms. The first-order valence-corrected chi connectivity index (χ1v) is 6.00. The lowest BCUT2D eigenvalue weighted by molar-refractivity contribution is -0.137. The van der Waals surface area contributed by atoms with Crippen LogP contribution in [0.25, 0.3) is 0 Å². The molecule has 0 radical (unpaired) electrons. The SMILES string of the molecule is C[C@H](CO)CNC(=O)c1ccc(C(=O)O)cc1C(F)(F)F. The molecule has 1 amide bonds. The number of amides is 1. The van der Waals surface area contributed by atoms with Gasteiger partial charge in [0.05, 0.1) is 16.7 Å². The summed E-state index contributed by atoms with van der Waals surface area (Å²) < 4.78 is 38.7. The van der Waals surface area contributed by atoms with Crippen molar-refractivity contribution in [1.82, 2.24) is 5.32 Å². The van der Waals surface area contributed by atoms with Crippen LogP contribution in [0.15, 0.2) is 18.2 Å². The van der Waals surface area contributed by atoms with Crippen molar-refractivity contribution in [3.8, 4) is 0 Å². The van der Waals surface area contributed by atoms with Crippen LogP contribution in [0.2, 0.25) is 0 Å². The zero-order valence-corrected chi connectivity index (χ0v) is 11.1. The van der Waals surface area contributed by atoms with E-state index in [1.807, 2.05) is 0 Å². The number of carboxylic acid groups (broad SMARTS) is 1. The van der Waals surface area contributed by atoms with E-state index in [1.54, 1.807) is 6.92 Å². The van der Waals surface area contributed by atoms with E-state index in [9.17, 15) is 22.8 Å². The Morgan fingerprint density at radius 3 is 2.43 bits per heavy atom. The molecule has 1 atom stereocenters. The van der Waals surface area contributed by atoms with Gasteiger partial charge in [-0.2, -0.15) is 13.2 Å². The third kappa shape index (κ3) is 4.45. The number of halogens is 3. The molecule has 0 bridgehead atoms. The normalized spacial score (nSPS) is 12.8. The highest BCUT2D eigenvalue weighted by Gasteiger charge is 2.36. The standard InChI is InChI=1S/C13H14F3NO4/c1-7(6-18)5-17-11(19)9-3-2-8(12(20)21)4-10(9)13(14,15)16/h2-4,7,18H,5-6H2,1H3,(H,17,19)(H,20,21)/t7-/m0/s1. The Balaban J connectivity index is 3.11. The van der Waals surface area contributed by atoms with E-state index in [0.717, 1.165) is 12.1 Å². The van der Waals surface area contributed by atoms with E-state index in [-0.39, 0.29) is 19.1 Å². The fourth-order valence-electron chi connectivity index (χ4n) is 1.54. The number of rotatable bonds is 5. The summed E-state index contributed by atoms with van der Waals surface area (Å²) in [6, 6.07) is 2.18. The van der Waals surface area contributed by atoms with Crippen molar-refractivity contribution in [3.63, 3.8) is 0 Å². The molecule has 0 aliphatic carbocycles. The van der Waals surface area contributed by atoms with Gasteiger partial charge in [0.25, 0.3) is 5.91 Å².